The van der Waals surface area contributed by atoms with Gasteiger partial charge >= 0.3 is 6.18 Å². The number of anilines is 1. The minimum Gasteiger partial charge on any atom is -0.508 e. The first kappa shape index (κ1) is 16.0. The lowest BCUT2D eigenvalue weighted by molar-refractivity contribution is -0.144. The summed E-state index contributed by atoms with van der Waals surface area (Å²) in [4.78, 5) is 13.1. The highest BCUT2D eigenvalue weighted by Gasteiger charge is 2.41. The topological polar surface area (TPSA) is 72.8 Å². The molecule has 0 saturated carbocycles. The second-order valence-corrected chi connectivity index (χ2v) is 5.38. The summed E-state index contributed by atoms with van der Waals surface area (Å²) >= 11 is 0. The quantitative estimate of drug-likeness (QED) is 0.786. The van der Waals surface area contributed by atoms with Gasteiger partial charge in [0, 0.05) is 17.3 Å². The summed E-state index contributed by atoms with van der Waals surface area (Å²) in [5.41, 5.74) is 0.551. The van der Waals surface area contributed by atoms with Crippen LogP contribution >= 0.6 is 0 Å². The fourth-order valence-electron chi connectivity index (χ4n) is 2.66. The van der Waals surface area contributed by atoms with Crippen molar-refractivity contribution in [2.75, 3.05) is 11.9 Å². The molecule has 1 heterocycles. The van der Waals surface area contributed by atoms with Gasteiger partial charge in [-0.15, -0.1) is 0 Å². The Labute approximate surface area is 134 Å². The predicted octanol–water partition coefficient (Wildman–Crippen LogP) is 3.23. The Morgan fingerprint density at radius 2 is 1.83 bits per heavy atom. The Kier molecular flexibility index (Phi) is 3.75. The second kappa shape index (κ2) is 5.63. The maximum atomic E-state index is 12.9. The summed E-state index contributed by atoms with van der Waals surface area (Å²) in [6, 6.07) is 9.71. The van der Waals surface area contributed by atoms with Crippen LogP contribution in [0.5, 0.6) is 11.5 Å². The van der Waals surface area contributed by atoms with Crippen molar-refractivity contribution in [2.45, 2.75) is 12.3 Å². The average molecular weight is 338 g/mol. The molecule has 0 fully saturated rings. The van der Waals surface area contributed by atoms with Gasteiger partial charge in [-0.3, -0.25) is 4.79 Å². The number of rotatable bonds is 2. The molecular weight excluding hydrogens is 325 g/mol. The predicted molar refractivity (Wildman–Crippen MR) is 79.7 cm³/mol. The lowest BCUT2D eigenvalue weighted by Crippen LogP contribution is -2.47. The van der Waals surface area contributed by atoms with E-state index in [9.17, 15) is 28.2 Å². The van der Waals surface area contributed by atoms with Crippen LogP contribution in [0.25, 0.3) is 0 Å². The van der Waals surface area contributed by atoms with Gasteiger partial charge < -0.3 is 20.4 Å². The Hall–Kier alpha value is -2.90. The highest BCUT2D eigenvalue weighted by molar-refractivity contribution is 6.01. The molecule has 5 nitrogen and oxygen atoms in total. The fraction of sp³-hybridized carbons (Fsp3) is 0.188. The van der Waals surface area contributed by atoms with E-state index in [-0.39, 0.29) is 16.9 Å². The molecule has 1 atom stereocenters. The number of alkyl halides is 3. The van der Waals surface area contributed by atoms with Crippen LogP contribution in [0.4, 0.5) is 18.9 Å². The zero-order valence-corrected chi connectivity index (χ0v) is 12.2. The van der Waals surface area contributed by atoms with E-state index in [0.29, 0.717) is 10.6 Å². The number of amides is 1. The number of nitrogens with zero attached hydrogens (tertiary/aromatic N) is 1. The Bertz CT molecular complexity index is 792. The molecule has 8 heteroatoms. The minimum atomic E-state index is -4.60. The minimum absolute atomic E-state index is 0.0555. The summed E-state index contributed by atoms with van der Waals surface area (Å²) in [6.45, 7) is -1.47. The van der Waals surface area contributed by atoms with Crippen molar-refractivity contribution in [3.63, 3.8) is 0 Å². The van der Waals surface area contributed by atoms with Gasteiger partial charge in [0.05, 0.1) is 5.56 Å². The van der Waals surface area contributed by atoms with Gasteiger partial charge in [0.25, 0.3) is 5.91 Å². The number of phenolic OH excluding ortho intramolecular Hbond substituents is 2. The third-order valence-corrected chi connectivity index (χ3v) is 3.68. The van der Waals surface area contributed by atoms with E-state index >= 15 is 0 Å². The Morgan fingerprint density at radius 3 is 2.50 bits per heavy atom. The zero-order valence-electron chi connectivity index (χ0n) is 12.2. The SMILES string of the molecule is O=C1c2ccccc2N[C@H](c2ccc(O)cc2O)N1CC(F)(F)F. The zero-order chi connectivity index (χ0) is 17.5. The van der Waals surface area contributed by atoms with Crippen LogP contribution in [0, 0.1) is 0 Å². The molecule has 0 aliphatic carbocycles. The molecule has 0 aromatic heterocycles. The number of benzene rings is 2. The van der Waals surface area contributed by atoms with E-state index < -0.39 is 30.5 Å². The van der Waals surface area contributed by atoms with Gasteiger partial charge in [-0.25, -0.2) is 0 Å². The first-order valence-corrected chi connectivity index (χ1v) is 7.01. The number of hydrogen-bond donors (Lipinski definition) is 3. The van der Waals surface area contributed by atoms with Crippen molar-refractivity contribution in [3.8, 4) is 11.5 Å². The molecule has 126 valence electrons. The Morgan fingerprint density at radius 1 is 1.12 bits per heavy atom. The highest BCUT2D eigenvalue weighted by atomic mass is 19.4. The van der Waals surface area contributed by atoms with Gasteiger partial charge in [0.15, 0.2) is 0 Å². The number of nitrogens with one attached hydrogen (secondary N) is 1. The van der Waals surface area contributed by atoms with Gasteiger partial charge in [-0.05, 0) is 24.3 Å². The van der Waals surface area contributed by atoms with Crippen LogP contribution in [0.1, 0.15) is 22.1 Å². The van der Waals surface area contributed by atoms with E-state index in [1.54, 1.807) is 18.2 Å². The fourth-order valence-corrected chi connectivity index (χ4v) is 2.66. The summed E-state index contributed by atoms with van der Waals surface area (Å²) in [7, 11) is 0. The van der Waals surface area contributed by atoms with Crippen LogP contribution in [0.3, 0.4) is 0 Å². The van der Waals surface area contributed by atoms with Gasteiger partial charge in [-0.1, -0.05) is 12.1 Å². The van der Waals surface area contributed by atoms with Gasteiger partial charge in [0.2, 0.25) is 0 Å². The molecule has 0 radical (unpaired) electrons. The summed E-state index contributed by atoms with van der Waals surface area (Å²) in [5, 5.41) is 22.2. The van der Waals surface area contributed by atoms with Crippen molar-refractivity contribution in [3.05, 3.63) is 53.6 Å². The molecule has 24 heavy (non-hydrogen) atoms. The van der Waals surface area contributed by atoms with Crippen molar-refractivity contribution in [1.82, 2.24) is 4.90 Å². The summed E-state index contributed by atoms with van der Waals surface area (Å²) in [5.74, 6) is -1.44. The van der Waals surface area contributed by atoms with E-state index in [2.05, 4.69) is 5.32 Å². The maximum Gasteiger partial charge on any atom is 0.406 e. The molecule has 2 aromatic carbocycles. The third kappa shape index (κ3) is 2.94. The van der Waals surface area contributed by atoms with Crippen molar-refractivity contribution in [1.29, 1.82) is 0 Å². The molecular formula is C16H13F3N2O3. The number of carbonyl (C=O) groups excluding carboxylic acids is 1. The number of halogens is 3. The third-order valence-electron chi connectivity index (χ3n) is 3.68. The first-order chi connectivity index (χ1) is 11.3. The van der Waals surface area contributed by atoms with Crippen LogP contribution in [-0.2, 0) is 0 Å². The number of phenols is 2. The average Bonchev–Trinajstić information content (AvgIpc) is 2.49. The van der Waals surface area contributed by atoms with Gasteiger partial charge in [0.1, 0.15) is 24.2 Å². The highest BCUT2D eigenvalue weighted by Crippen LogP contribution is 2.38. The smallest absolute Gasteiger partial charge is 0.406 e. The van der Waals surface area contributed by atoms with Crippen molar-refractivity contribution >= 4 is 11.6 Å². The number of aromatic hydroxyl groups is 2. The summed E-state index contributed by atoms with van der Waals surface area (Å²) < 4.78 is 38.8. The largest absolute Gasteiger partial charge is 0.508 e. The molecule has 0 unspecified atom stereocenters. The molecule has 1 amide bonds. The molecule has 0 bridgehead atoms. The number of para-hydroxylation sites is 1. The second-order valence-electron chi connectivity index (χ2n) is 5.38. The van der Waals surface area contributed by atoms with Crippen LogP contribution < -0.4 is 5.32 Å². The lowest BCUT2D eigenvalue weighted by atomic mass is 10.0. The molecule has 1 aliphatic heterocycles. The standard InChI is InChI=1S/C16H13F3N2O3/c17-16(18,19)8-21-14(11-6-5-9(22)7-13(11)23)20-12-4-2-1-3-10(12)15(21)24/h1-7,14,20,22-23H,8H2/t14-/m0/s1. The number of hydrogen-bond acceptors (Lipinski definition) is 4. The molecule has 2 aromatic rings. The number of carbonyl (C=O) groups is 1. The summed E-state index contributed by atoms with van der Waals surface area (Å²) in [6.07, 6.45) is -5.82. The Balaban J connectivity index is 2.09. The number of fused-ring (bicyclic) bond motifs is 1. The van der Waals surface area contributed by atoms with Crippen LogP contribution in [-0.4, -0.2) is 33.7 Å². The lowest BCUT2D eigenvalue weighted by Gasteiger charge is -2.38. The molecule has 3 rings (SSSR count). The van der Waals surface area contributed by atoms with Crippen LogP contribution in [0.2, 0.25) is 0 Å². The van der Waals surface area contributed by atoms with Crippen molar-refractivity contribution < 1.29 is 28.2 Å². The van der Waals surface area contributed by atoms with Crippen molar-refractivity contribution in [2.24, 2.45) is 0 Å². The molecule has 3 N–H and O–H groups in total. The van der Waals surface area contributed by atoms with Crippen LogP contribution in [0.15, 0.2) is 42.5 Å². The molecule has 0 saturated heterocycles. The van der Waals surface area contributed by atoms with E-state index in [4.69, 9.17) is 0 Å². The first-order valence-electron chi connectivity index (χ1n) is 7.01. The van der Waals surface area contributed by atoms with E-state index in [1.165, 1.54) is 18.2 Å². The normalized spacial score (nSPS) is 17.4. The van der Waals surface area contributed by atoms with E-state index in [1.807, 2.05) is 0 Å². The maximum absolute atomic E-state index is 12.9. The monoisotopic (exact) mass is 338 g/mol. The molecule has 1 aliphatic rings. The molecule has 0 spiro atoms. The van der Waals surface area contributed by atoms with Gasteiger partial charge in [-0.2, -0.15) is 13.2 Å². The van der Waals surface area contributed by atoms with E-state index in [0.717, 1.165) is 6.07 Å².